The molecule has 10 heteroatoms. The number of rotatable bonds is 6. The van der Waals surface area contributed by atoms with Crippen molar-refractivity contribution in [1.82, 2.24) is 14.5 Å². The van der Waals surface area contributed by atoms with Crippen molar-refractivity contribution in [3.8, 4) is 0 Å². The van der Waals surface area contributed by atoms with Crippen molar-refractivity contribution in [3.05, 3.63) is 10.6 Å². The highest BCUT2D eigenvalue weighted by Crippen LogP contribution is 2.51. The first-order chi connectivity index (χ1) is 12.0. The van der Waals surface area contributed by atoms with Gasteiger partial charge in [0.1, 0.15) is 0 Å². The zero-order chi connectivity index (χ0) is 19.4. The molecule has 0 unspecified atom stereocenters. The fraction of sp³-hybridized carbons (Fsp3) is 0.812. The molecule has 8 nitrogen and oxygen atoms in total. The van der Waals surface area contributed by atoms with Crippen LogP contribution in [0.4, 0.5) is 0 Å². The highest BCUT2D eigenvalue weighted by Gasteiger charge is 2.57. The van der Waals surface area contributed by atoms with Gasteiger partial charge in [0.15, 0.2) is 0 Å². The van der Waals surface area contributed by atoms with Crippen LogP contribution in [-0.4, -0.2) is 72.8 Å². The first kappa shape index (κ1) is 20.1. The number of likely N-dealkylation sites (tertiary alicyclic amines) is 1. The predicted octanol–water partition coefficient (Wildman–Crippen LogP) is -0.326. The number of thioether (sulfide) groups is 1. The molecule has 4 N–H and O–H groups in total. The minimum atomic E-state index is -3.68. The van der Waals surface area contributed by atoms with Crippen molar-refractivity contribution in [2.45, 2.75) is 50.6 Å². The third-order valence-electron chi connectivity index (χ3n) is 5.82. The number of nitrogens with zero attached hydrogens (tertiary/aromatic N) is 2. The highest BCUT2D eigenvalue weighted by atomic mass is 32.2. The van der Waals surface area contributed by atoms with Crippen LogP contribution in [0.2, 0.25) is 0 Å². The lowest BCUT2D eigenvalue weighted by atomic mass is 9.79. The molecule has 3 heterocycles. The number of β-lactam (4-membered cyclic amide) rings is 1. The zero-order valence-electron chi connectivity index (χ0n) is 15.5. The smallest absolute Gasteiger partial charge is 0.274 e. The molecule has 148 valence electrons. The topological polar surface area (TPSA) is 116 Å². The van der Waals surface area contributed by atoms with Crippen molar-refractivity contribution in [2.24, 2.45) is 17.0 Å². The minimum Gasteiger partial charge on any atom is -0.393 e. The summed E-state index contributed by atoms with van der Waals surface area (Å²) in [5, 5.41) is 15.3. The van der Waals surface area contributed by atoms with Crippen LogP contribution in [0.3, 0.4) is 0 Å². The molecule has 0 saturated carbocycles. The number of nitrogens with one attached hydrogen (secondary N) is 1. The molecule has 0 radical (unpaired) electrons. The van der Waals surface area contributed by atoms with Crippen molar-refractivity contribution in [2.75, 3.05) is 20.1 Å². The number of nitrogens with two attached hydrogens (primary N) is 1. The van der Waals surface area contributed by atoms with Gasteiger partial charge in [-0.25, -0.2) is 9.86 Å². The summed E-state index contributed by atoms with van der Waals surface area (Å²) in [5.74, 6) is -0.0797. The number of aliphatic hydroxyl groups is 1. The number of carbonyl (C=O) groups excluding carboxylic acids is 1. The second-order valence-corrected chi connectivity index (χ2v) is 10.4. The van der Waals surface area contributed by atoms with Crippen molar-refractivity contribution >= 4 is 27.9 Å². The van der Waals surface area contributed by atoms with Crippen LogP contribution >= 0.6 is 11.8 Å². The Balaban J connectivity index is 1.65. The van der Waals surface area contributed by atoms with Crippen LogP contribution in [-0.2, 0) is 15.0 Å². The first-order valence-corrected chi connectivity index (χ1v) is 11.3. The van der Waals surface area contributed by atoms with Gasteiger partial charge in [0.05, 0.1) is 18.1 Å². The normalized spacial score (nSPS) is 36.5. The molecule has 3 aliphatic rings. The number of allylic oxidation sites excluding steroid dienone is 1. The molecule has 2 saturated heterocycles. The molecule has 3 rings (SSSR count). The Morgan fingerprint density at radius 2 is 2.12 bits per heavy atom. The van der Waals surface area contributed by atoms with E-state index in [0.717, 1.165) is 18.7 Å². The van der Waals surface area contributed by atoms with Crippen molar-refractivity contribution in [3.63, 3.8) is 0 Å². The molecule has 26 heavy (non-hydrogen) atoms. The molecule has 0 spiro atoms. The summed E-state index contributed by atoms with van der Waals surface area (Å²) < 4.78 is 24.6. The number of amides is 1. The lowest BCUT2D eigenvalue weighted by Gasteiger charge is -2.46. The van der Waals surface area contributed by atoms with E-state index in [2.05, 4.69) is 16.5 Å². The molecule has 6 atom stereocenters. The Morgan fingerprint density at radius 3 is 2.69 bits per heavy atom. The van der Waals surface area contributed by atoms with E-state index in [1.54, 1.807) is 18.7 Å². The molecule has 0 aromatic heterocycles. The fourth-order valence-electron chi connectivity index (χ4n) is 4.49. The maximum absolute atomic E-state index is 12.3. The van der Waals surface area contributed by atoms with Gasteiger partial charge in [-0.05, 0) is 27.3 Å². The van der Waals surface area contributed by atoms with E-state index in [9.17, 15) is 18.3 Å². The average Bonchev–Trinajstić information content (AvgIpc) is 2.94. The van der Waals surface area contributed by atoms with Crippen LogP contribution in [0.5, 0.6) is 0 Å². The summed E-state index contributed by atoms with van der Waals surface area (Å²) in [4.78, 5) is 17.5. The number of aliphatic hydroxyl groups excluding tert-OH is 1. The minimum absolute atomic E-state index is 0.0173. The van der Waals surface area contributed by atoms with Gasteiger partial charge in [-0.2, -0.15) is 8.42 Å². The summed E-state index contributed by atoms with van der Waals surface area (Å²) in [6.07, 6.45) is 0.223. The first-order valence-electron chi connectivity index (χ1n) is 8.87. The fourth-order valence-corrected chi connectivity index (χ4v) is 6.52. The van der Waals surface area contributed by atoms with E-state index in [4.69, 9.17) is 5.14 Å². The largest absolute Gasteiger partial charge is 0.393 e. The van der Waals surface area contributed by atoms with Gasteiger partial charge >= 0.3 is 0 Å². The predicted molar refractivity (Wildman–Crippen MR) is 101 cm³/mol. The molecule has 3 aliphatic heterocycles. The Hall–Kier alpha value is -0.650. The summed E-state index contributed by atoms with van der Waals surface area (Å²) in [5.41, 5.74) is 1.00. The van der Waals surface area contributed by atoms with Gasteiger partial charge in [0.25, 0.3) is 10.2 Å². The van der Waals surface area contributed by atoms with E-state index in [-0.39, 0.29) is 29.8 Å². The summed E-state index contributed by atoms with van der Waals surface area (Å²) in [6.45, 7) is 6.94. The van der Waals surface area contributed by atoms with E-state index in [1.807, 2.05) is 18.9 Å². The second-order valence-electron chi connectivity index (χ2n) is 7.67. The zero-order valence-corrected chi connectivity index (χ0v) is 17.2. The van der Waals surface area contributed by atoms with Gasteiger partial charge in [-0.3, -0.25) is 4.79 Å². The maximum atomic E-state index is 12.3. The molecule has 0 bridgehead atoms. The molecule has 1 amide bonds. The number of hydrogen-bond donors (Lipinski definition) is 3. The highest BCUT2D eigenvalue weighted by molar-refractivity contribution is 8.03. The van der Waals surface area contributed by atoms with Gasteiger partial charge in [0.2, 0.25) is 5.91 Å². The summed E-state index contributed by atoms with van der Waals surface area (Å²) in [6, 6.07) is 0.163. The Bertz CT molecular complexity index is 724. The Labute approximate surface area is 159 Å². The van der Waals surface area contributed by atoms with Crippen LogP contribution < -0.4 is 9.86 Å². The van der Waals surface area contributed by atoms with E-state index in [0.29, 0.717) is 11.8 Å². The van der Waals surface area contributed by atoms with E-state index < -0.39 is 16.3 Å². The average molecular weight is 405 g/mol. The van der Waals surface area contributed by atoms with E-state index in [1.165, 1.54) is 4.91 Å². The standard InChI is InChI=1S/C16H28N4O4S2/c1-8-14-13(10(3)21)16(22)20(14)9(2)15(8)25-12-5-11(19(4)7-12)6-18-26(17,23)24/h8,10-14,18,21H,5-7H2,1-4H3,(H2,17,23,24)/t8-,10-,11+,12+,13-,14-/m1/s1. The third-order valence-corrected chi connectivity index (χ3v) is 7.98. The quantitative estimate of drug-likeness (QED) is 0.522. The lowest BCUT2D eigenvalue weighted by Crippen LogP contribution is -2.62. The number of likely N-dealkylation sites (N-methyl/N-ethyl adjacent to an activating group) is 1. The van der Waals surface area contributed by atoms with Gasteiger partial charge in [-0.15, -0.1) is 11.8 Å². The summed E-state index contributed by atoms with van der Waals surface area (Å²) >= 11 is 1.79. The molecule has 0 aromatic rings. The molecule has 2 fully saturated rings. The number of carbonyl (C=O) groups is 1. The SMILES string of the molecule is CC1=C(S[C@H]2C[C@@H](CNS(N)(=O)=O)N(C)C2)[C@H](C)[C@@H]2[C@@H]([C@@H](C)O)C(=O)N12. The monoisotopic (exact) mass is 404 g/mol. The Kier molecular flexibility index (Phi) is 5.46. The molecule has 0 aromatic carbocycles. The third kappa shape index (κ3) is 3.55. The Morgan fingerprint density at radius 1 is 1.46 bits per heavy atom. The second kappa shape index (κ2) is 7.06. The van der Waals surface area contributed by atoms with Gasteiger partial charge in [-0.1, -0.05) is 6.92 Å². The lowest BCUT2D eigenvalue weighted by molar-refractivity contribution is -0.159. The van der Waals surface area contributed by atoms with Gasteiger partial charge in [0, 0.05) is 40.9 Å². The van der Waals surface area contributed by atoms with Crippen LogP contribution in [0.25, 0.3) is 0 Å². The van der Waals surface area contributed by atoms with Crippen LogP contribution in [0.15, 0.2) is 10.6 Å². The number of hydrogen-bond acceptors (Lipinski definition) is 6. The molecular weight excluding hydrogens is 376 g/mol. The van der Waals surface area contributed by atoms with Crippen molar-refractivity contribution in [1.29, 1.82) is 0 Å². The summed E-state index contributed by atoms with van der Waals surface area (Å²) in [7, 11) is -1.70. The van der Waals surface area contributed by atoms with Crippen molar-refractivity contribution < 1.29 is 18.3 Å². The number of fused-ring (bicyclic) bond motifs is 1. The maximum Gasteiger partial charge on any atom is 0.274 e. The molecular formula is C16H28N4O4S2. The van der Waals surface area contributed by atoms with Gasteiger partial charge < -0.3 is 14.9 Å². The molecule has 0 aliphatic carbocycles. The van der Waals surface area contributed by atoms with E-state index >= 15 is 0 Å². The van der Waals surface area contributed by atoms with Crippen LogP contribution in [0, 0.1) is 11.8 Å². The van der Waals surface area contributed by atoms with Crippen LogP contribution in [0.1, 0.15) is 27.2 Å².